The number of ketones is 1. The summed E-state index contributed by atoms with van der Waals surface area (Å²) in [6, 6.07) is 16.2. The molecule has 0 saturated carbocycles. The Morgan fingerprint density at radius 1 is 1.04 bits per heavy atom. The number of hydrogen-bond donors (Lipinski definition) is 1. The molecule has 0 aliphatic rings. The molecule has 3 rings (SSSR count). The molecule has 0 aliphatic carbocycles. The van der Waals surface area contributed by atoms with Gasteiger partial charge in [0.2, 0.25) is 0 Å². The Morgan fingerprint density at radius 2 is 1.75 bits per heavy atom. The smallest absolute Gasteiger partial charge is 0.278 e. The molecule has 0 aliphatic heterocycles. The molecule has 24 heavy (non-hydrogen) atoms. The molecule has 0 atom stereocenters. The molecule has 1 aromatic heterocycles. The van der Waals surface area contributed by atoms with E-state index in [1.807, 2.05) is 30.3 Å². The number of rotatable bonds is 5. The number of nitrogens with zero attached hydrogens (tertiary/aromatic N) is 2. The molecule has 0 fully saturated rings. The van der Waals surface area contributed by atoms with E-state index in [0.29, 0.717) is 16.3 Å². The summed E-state index contributed by atoms with van der Waals surface area (Å²) in [5.74, 6) is 0.138. The topological polar surface area (TPSA) is 75.7 Å². The van der Waals surface area contributed by atoms with Gasteiger partial charge in [-0.25, -0.2) is 0 Å². The van der Waals surface area contributed by atoms with Crippen molar-refractivity contribution in [2.75, 3.05) is 5.75 Å². The first-order valence-corrected chi connectivity index (χ1v) is 8.85. The van der Waals surface area contributed by atoms with Crippen LogP contribution in [0.1, 0.15) is 10.4 Å². The third kappa shape index (κ3) is 3.98. The van der Waals surface area contributed by atoms with Crippen LogP contribution in [0.25, 0.3) is 11.3 Å². The maximum atomic E-state index is 12.1. The lowest BCUT2D eigenvalue weighted by molar-refractivity contribution is 0.102. The molecule has 1 N–H and O–H groups in total. The van der Waals surface area contributed by atoms with E-state index in [1.54, 1.807) is 24.3 Å². The van der Waals surface area contributed by atoms with Gasteiger partial charge >= 0.3 is 0 Å². The number of carbonyl (C=O) groups excluding carboxylic acids is 1. The minimum atomic E-state index is -0.324. The highest BCUT2D eigenvalue weighted by atomic mass is 79.9. The van der Waals surface area contributed by atoms with E-state index in [-0.39, 0.29) is 22.8 Å². The quantitative estimate of drug-likeness (QED) is 0.522. The fourth-order valence-electron chi connectivity index (χ4n) is 2.02. The molecule has 0 radical (unpaired) electrons. The molecule has 0 spiro atoms. The van der Waals surface area contributed by atoms with Gasteiger partial charge in [0.1, 0.15) is 0 Å². The molecule has 5 nitrogen and oxygen atoms in total. The Balaban J connectivity index is 1.70. The average Bonchev–Trinajstić information content (AvgIpc) is 2.61. The predicted octanol–water partition coefficient (Wildman–Crippen LogP) is 3.57. The highest BCUT2D eigenvalue weighted by molar-refractivity contribution is 9.10. The Labute approximate surface area is 150 Å². The van der Waals surface area contributed by atoms with Crippen LogP contribution in [-0.4, -0.2) is 26.7 Å². The van der Waals surface area contributed by atoms with Crippen LogP contribution < -0.4 is 5.56 Å². The van der Waals surface area contributed by atoms with Gasteiger partial charge in [-0.15, -0.1) is 10.2 Å². The second kappa shape index (κ2) is 7.55. The fourth-order valence-corrected chi connectivity index (χ4v) is 2.99. The zero-order chi connectivity index (χ0) is 16.9. The normalized spacial score (nSPS) is 10.5. The second-order valence-corrected chi connectivity index (χ2v) is 6.77. The van der Waals surface area contributed by atoms with Gasteiger partial charge in [0.25, 0.3) is 5.56 Å². The Morgan fingerprint density at radius 3 is 2.42 bits per heavy atom. The molecule has 0 bridgehead atoms. The van der Waals surface area contributed by atoms with Gasteiger partial charge in [-0.1, -0.05) is 70.2 Å². The summed E-state index contributed by atoms with van der Waals surface area (Å²) in [6.45, 7) is 0. The van der Waals surface area contributed by atoms with Crippen molar-refractivity contribution in [2.24, 2.45) is 0 Å². The standard InChI is InChI=1S/C17H12BrN3O2S/c18-13-8-6-11(7-9-13)14(22)10-24-17-19-16(23)15(20-21-17)12-4-2-1-3-5-12/h1-9H,10H2,(H,19,21,23). The summed E-state index contributed by atoms with van der Waals surface area (Å²) in [5, 5.41) is 8.30. The van der Waals surface area contributed by atoms with Gasteiger partial charge in [-0.2, -0.15) is 0 Å². The third-order valence-corrected chi connectivity index (χ3v) is 4.62. The summed E-state index contributed by atoms with van der Waals surface area (Å²) in [6.07, 6.45) is 0. The number of halogens is 1. The van der Waals surface area contributed by atoms with Crippen LogP contribution in [0.2, 0.25) is 0 Å². The molecular formula is C17H12BrN3O2S. The lowest BCUT2D eigenvalue weighted by atomic mass is 10.2. The van der Waals surface area contributed by atoms with Gasteiger partial charge in [0.05, 0.1) is 5.75 Å². The fraction of sp³-hybridized carbons (Fsp3) is 0.0588. The first-order valence-electron chi connectivity index (χ1n) is 7.07. The van der Waals surface area contributed by atoms with E-state index >= 15 is 0 Å². The van der Waals surface area contributed by atoms with E-state index in [0.717, 1.165) is 16.2 Å². The number of nitrogens with one attached hydrogen (secondary N) is 1. The monoisotopic (exact) mass is 401 g/mol. The van der Waals surface area contributed by atoms with Crippen molar-refractivity contribution in [3.8, 4) is 11.3 Å². The molecule has 2 aromatic carbocycles. The maximum absolute atomic E-state index is 12.1. The zero-order valence-corrected chi connectivity index (χ0v) is 14.8. The van der Waals surface area contributed by atoms with Crippen LogP contribution in [0.3, 0.4) is 0 Å². The third-order valence-electron chi connectivity index (χ3n) is 3.23. The van der Waals surface area contributed by atoms with Crippen molar-refractivity contribution in [2.45, 2.75) is 5.16 Å². The van der Waals surface area contributed by atoms with Crippen LogP contribution in [0, 0.1) is 0 Å². The summed E-state index contributed by atoms with van der Waals surface area (Å²) < 4.78 is 0.915. The van der Waals surface area contributed by atoms with E-state index in [2.05, 4.69) is 31.1 Å². The highest BCUT2D eigenvalue weighted by Crippen LogP contribution is 2.17. The van der Waals surface area contributed by atoms with Crippen LogP contribution in [0.4, 0.5) is 0 Å². The van der Waals surface area contributed by atoms with Crippen molar-refractivity contribution < 1.29 is 4.79 Å². The molecule has 1 heterocycles. The van der Waals surface area contributed by atoms with Crippen molar-refractivity contribution in [3.63, 3.8) is 0 Å². The minimum Gasteiger partial charge on any atom is -0.298 e. The minimum absolute atomic E-state index is 0.0396. The van der Waals surface area contributed by atoms with Gasteiger partial charge in [0, 0.05) is 15.6 Å². The van der Waals surface area contributed by atoms with Gasteiger partial charge in [-0.05, 0) is 12.1 Å². The molecule has 3 aromatic rings. The average molecular weight is 402 g/mol. The van der Waals surface area contributed by atoms with Gasteiger partial charge in [0.15, 0.2) is 16.6 Å². The Kier molecular flexibility index (Phi) is 5.22. The SMILES string of the molecule is O=C(CSc1nnc(-c2ccccc2)c(=O)[nH]1)c1ccc(Br)cc1. The second-order valence-electron chi connectivity index (χ2n) is 4.89. The Hall–Kier alpha value is -2.25. The molecular weight excluding hydrogens is 390 g/mol. The number of aromatic amines is 1. The first-order chi connectivity index (χ1) is 11.6. The van der Waals surface area contributed by atoms with Crippen molar-refractivity contribution in [1.82, 2.24) is 15.2 Å². The molecule has 0 saturated heterocycles. The maximum Gasteiger partial charge on any atom is 0.278 e. The summed E-state index contributed by atoms with van der Waals surface area (Å²) in [4.78, 5) is 26.9. The summed E-state index contributed by atoms with van der Waals surface area (Å²) in [7, 11) is 0. The number of H-pyrrole nitrogens is 1. The number of hydrogen-bond acceptors (Lipinski definition) is 5. The molecule has 0 amide bonds. The van der Waals surface area contributed by atoms with Crippen LogP contribution >= 0.6 is 27.7 Å². The van der Waals surface area contributed by atoms with Gasteiger partial charge in [-0.3, -0.25) is 14.6 Å². The highest BCUT2D eigenvalue weighted by Gasteiger charge is 2.10. The first kappa shape index (κ1) is 16.6. The largest absolute Gasteiger partial charge is 0.298 e. The molecule has 120 valence electrons. The van der Waals surface area contributed by atoms with Crippen molar-refractivity contribution in [1.29, 1.82) is 0 Å². The van der Waals surface area contributed by atoms with Gasteiger partial charge < -0.3 is 0 Å². The summed E-state index contributed by atoms with van der Waals surface area (Å²) in [5.41, 5.74) is 1.25. The number of carbonyl (C=O) groups is 1. The van der Waals surface area contributed by atoms with Crippen molar-refractivity contribution >= 4 is 33.5 Å². The molecule has 7 heteroatoms. The number of benzene rings is 2. The zero-order valence-electron chi connectivity index (χ0n) is 12.4. The van der Waals surface area contributed by atoms with Crippen LogP contribution in [0.5, 0.6) is 0 Å². The lowest BCUT2D eigenvalue weighted by Gasteiger charge is -2.02. The number of Topliss-reactive ketones (excluding diaryl/α,β-unsaturated/α-hetero) is 1. The van der Waals surface area contributed by atoms with E-state index in [9.17, 15) is 9.59 Å². The van der Waals surface area contributed by atoms with Crippen molar-refractivity contribution in [3.05, 3.63) is 75.0 Å². The summed E-state index contributed by atoms with van der Waals surface area (Å²) >= 11 is 4.48. The number of aromatic nitrogens is 3. The lowest BCUT2D eigenvalue weighted by Crippen LogP contribution is -2.14. The van der Waals surface area contributed by atoms with E-state index in [4.69, 9.17) is 0 Å². The van der Waals surface area contributed by atoms with E-state index < -0.39 is 0 Å². The van der Waals surface area contributed by atoms with E-state index in [1.165, 1.54) is 0 Å². The number of thioether (sulfide) groups is 1. The van der Waals surface area contributed by atoms with Crippen LogP contribution in [-0.2, 0) is 0 Å². The molecule has 0 unspecified atom stereocenters. The van der Waals surface area contributed by atoms with Crippen LogP contribution in [0.15, 0.2) is 69.0 Å². The predicted molar refractivity (Wildman–Crippen MR) is 97.3 cm³/mol. The Bertz CT molecular complexity index is 911.